The lowest BCUT2D eigenvalue weighted by molar-refractivity contribution is 0.562. The summed E-state index contributed by atoms with van der Waals surface area (Å²) in [5.74, 6) is 0. The molecule has 1 aromatic heterocycles. The van der Waals surface area contributed by atoms with E-state index in [1.54, 1.807) is 11.7 Å². The molecule has 0 fully saturated rings. The second-order valence-corrected chi connectivity index (χ2v) is 2.06. The van der Waals surface area contributed by atoms with E-state index in [0.717, 1.165) is 0 Å². The highest BCUT2D eigenvalue weighted by atomic mass is 32.1. The first-order valence-corrected chi connectivity index (χ1v) is 2.80. The van der Waals surface area contributed by atoms with Crippen LogP contribution in [0.15, 0.2) is 5.38 Å². The fraction of sp³-hybridized carbons (Fsp3) is 0. The van der Waals surface area contributed by atoms with Crippen LogP contribution in [0, 0.1) is 0 Å². The molecule has 8 heavy (non-hydrogen) atoms. The van der Waals surface area contributed by atoms with Crippen molar-refractivity contribution in [3.63, 3.8) is 0 Å². The Morgan fingerprint density at radius 1 is 1.88 bits per heavy atom. The normalized spacial score (nSPS) is 9.00. The molecule has 0 saturated carbocycles. The third-order valence-corrected chi connectivity index (χ3v) is 1.30. The molecule has 0 spiro atoms. The van der Waals surface area contributed by atoms with Crippen molar-refractivity contribution in [3.8, 4) is 0 Å². The van der Waals surface area contributed by atoms with Crippen LogP contribution in [0.5, 0.6) is 0 Å². The summed E-state index contributed by atoms with van der Waals surface area (Å²) in [6.45, 7) is 0. The van der Waals surface area contributed by atoms with Gasteiger partial charge in [0.25, 0.3) is 6.29 Å². The van der Waals surface area contributed by atoms with Crippen LogP contribution in [-0.2, 0) is 4.79 Å². The zero-order valence-corrected chi connectivity index (χ0v) is 4.73. The Labute approximate surface area is 50.2 Å². The number of anilines is 1. The molecule has 0 aliphatic rings. The molecule has 0 saturated heterocycles. The third kappa shape index (κ3) is 0.840. The minimum absolute atomic E-state index is 0.285. The van der Waals surface area contributed by atoms with Crippen LogP contribution in [0.4, 0.5) is 5.13 Å². The molecule has 1 aromatic rings. The molecule has 2 N–H and O–H groups in total. The molecule has 1 heterocycles. The van der Waals surface area contributed by atoms with E-state index in [9.17, 15) is 4.79 Å². The van der Waals surface area contributed by atoms with Crippen molar-refractivity contribution < 1.29 is 4.79 Å². The van der Waals surface area contributed by atoms with Crippen LogP contribution in [0.25, 0.3) is 0 Å². The van der Waals surface area contributed by atoms with Crippen LogP contribution in [0.1, 0.15) is 5.69 Å². The molecular weight excluding hydrogens is 124 g/mol. The van der Waals surface area contributed by atoms with Gasteiger partial charge < -0.3 is 5.73 Å². The molecule has 0 atom stereocenters. The number of nitrogen functional groups attached to an aromatic ring is 1. The fourth-order valence-corrected chi connectivity index (χ4v) is 0.819. The van der Waals surface area contributed by atoms with Crippen molar-refractivity contribution in [2.75, 3.05) is 5.73 Å². The Kier molecular flexibility index (Phi) is 1.26. The van der Waals surface area contributed by atoms with Gasteiger partial charge in [0.05, 0.1) is 0 Å². The lowest BCUT2D eigenvalue weighted by Crippen LogP contribution is -1.83. The lowest BCUT2D eigenvalue weighted by Gasteiger charge is -1.70. The van der Waals surface area contributed by atoms with Gasteiger partial charge in [-0.3, -0.25) is 4.79 Å². The summed E-state index contributed by atoms with van der Waals surface area (Å²) in [6, 6.07) is 0. The SMILES string of the molecule is Nc1nc([C]=O)cs1. The minimum Gasteiger partial charge on any atom is -0.375 e. The van der Waals surface area contributed by atoms with E-state index >= 15 is 0 Å². The summed E-state index contributed by atoms with van der Waals surface area (Å²) in [7, 11) is 0. The van der Waals surface area contributed by atoms with E-state index in [1.807, 2.05) is 0 Å². The van der Waals surface area contributed by atoms with Crippen molar-refractivity contribution in [2.45, 2.75) is 0 Å². The highest BCUT2D eigenvalue weighted by molar-refractivity contribution is 7.13. The van der Waals surface area contributed by atoms with Crippen LogP contribution in [0.3, 0.4) is 0 Å². The maximum Gasteiger partial charge on any atom is 0.254 e. The van der Waals surface area contributed by atoms with Gasteiger partial charge >= 0.3 is 0 Å². The van der Waals surface area contributed by atoms with Crippen molar-refractivity contribution in [1.29, 1.82) is 0 Å². The van der Waals surface area contributed by atoms with E-state index in [1.165, 1.54) is 11.3 Å². The molecule has 1 radical (unpaired) electrons. The number of hydrogen-bond donors (Lipinski definition) is 1. The Bertz CT molecular complexity index is 196. The molecule has 0 aliphatic heterocycles. The zero-order valence-electron chi connectivity index (χ0n) is 3.92. The van der Waals surface area contributed by atoms with Gasteiger partial charge in [-0.1, -0.05) is 0 Å². The summed E-state index contributed by atoms with van der Waals surface area (Å²) in [4.78, 5) is 13.4. The summed E-state index contributed by atoms with van der Waals surface area (Å²) in [5.41, 5.74) is 5.47. The van der Waals surface area contributed by atoms with Gasteiger partial charge in [0, 0.05) is 5.38 Å². The molecule has 41 valence electrons. The standard InChI is InChI=1S/C4H3N2OS/c5-4-6-3(1-7)2-8-4/h2H,(H2,5,6). The van der Waals surface area contributed by atoms with Crippen molar-refractivity contribution >= 4 is 22.8 Å². The molecule has 0 aliphatic carbocycles. The first-order valence-electron chi connectivity index (χ1n) is 1.92. The zero-order chi connectivity index (χ0) is 5.98. The second-order valence-electron chi connectivity index (χ2n) is 1.17. The molecule has 0 aromatic carbocycles. The fourth-order valence-electron chi connectivity index (χ4n) is 0.334. The number of thiazole rings is 1. The number of carbonyl (C=O) groups excluding carboxylic acids is 1. The molecule has 0 bridgehead atoms. The highest BCUT2D eigenvalue weighted by Crippen LogP contribution is 2.07. The number of nitrogens with zero attached hydrogens (tertiary/aromatic N) is 1. The summed E-state index contributed by atoms with van der Waals surface area (Å²) < 4.78 is 0. The van der Waals surface area contributed by atoms with Crippen molar-refractivity contribution in [3.05, 3.63) is 11.1 Å². The van der Waals surface area contributed by atoms with Crippen LogP contribution < -0.4 is 5.73 Å². The van der Waals surface area contributed by atoms with E-state index in [4.69, 9.17) is 5.73 Å². The summed E-state index contributed by atoms with van der Waals surface area (Å²) >= 11 is 1.23. The highest BCUT2D eigenvalue weighted by Gasteiger charge is 1.93. The van der Waals surface area contributed by atoms with Crippen molar-refractivity contribution in [1.82, 2.24) is 4.98 Å². The van der Waals surface area contributed by atoms with Crippen LogP contribution in [-0.4, -0.2) is 11.3 Å². The quantitative estimate of drug-likeness (QED) is 0.585. The Morgan fingerprint density at radius 2 is 2.62 bits per heavy atom. The second kappa shape index (κ2) is 1.92. The molecule has 4 heteroatoms. The number of hydrogen-bond acceptors (Lipinski definition) is 4. The molecule has 0 unspecified atom stereocenters. The minimum atomic E-state index is 0.285. The van der Waals surface area contributed by atoms with E-state index in [2.05, 4.69) is 4.98 Å². The Morgan fingerprint density at radius 3 is 2.88 bits per heavy atom. The van der Waals surface area contributed by atoms with Gasteiger partial charge in [-0.25, -0.2) is 4.98 Å². The van der Waals surface area contributed by atoms with Gasteiger partial charge in [-0.15, -0.1) is 11.3 Å². The van der Waals surface area contributed by atoms with Crippen LogP contribution >= 0.6 is 11.3 Å². The van der Waals surface area contributed by atoms with Gasteiger partial charge in [0.2, 0.25) is 0 Å². The molecule has 0 amide bonds. The Balaban J connectivity index is 3.00. The van der Waals surface area contributed by atoms with Gasteiger partial charge in [0.15, 0.2) is 5.13 Å². The van der Waals surface area contributed by atoms with Gasteiger partial charge in [-0.2, -0.15) is 0 Å². The average molecular weight is 127 g/mol. The number of aromatic nitrogens is 1. The lowest BCUT2D eigenvalue weighted by atomic mass is 10.6. The van der Waals surface area contributed by atoms with E-state index in [-0.39, 0.29) is 5.69 Å². The van der Waals surface area contributed by atoms with Crippen LogP contribution in [0.2, 0.25) is 0 Å². The summed E-state index contributed by atoms with van der Waals surface area (Å²) in [5, 5.41) is 1.96. The predicted molar refractivity (Wildman–Crippen MR) is 31.3 cm³/mol. The van der Waals surface area contributed by atoms with Gasteiger partial charge in [0.1, 0.15) is 5.69 Å². The maximum atomic E-state index is 9.78. The smallest absolute Gasteiger partial charge is 0.254 e. The summed E-state index contributed by atoms with van der Waals surface area (Å²) in [6.07, 6.45) is 1.62. The predicted octanol–water partition coefficient (Wildman–Crippen LogP) is 0.183. The first-order chi connectivity index (χ1) is 3.83. The molecular formula is C4H3N2OS. The van der Waals surface area contributed by atoms with Gasteiger partial charge in [-0.05, 0) is 0 Å². The number of rotatable bonds is 1. The largest absolute Gasteiger partial charge is 0.375 e. The van der Waals surface area contributed by atoms with E-state index in [0.29, 0.717) is 5.13 Å². The van der Waals surface area contributed by atoms with E-state index < -0.39 is 0 Å². The average Bonchev–Trinajstić information content (AvgIpc) is 2.14. The van der Waals surface area contributed by atoms with Crippen molar-refractivity contribution in [2.24, 2.45) is 0 Å². The monoisotopic (exact) mass is 127 g/mol. The molecule has 3 nitrogen and oxygen atoms in total. The Hall–Kier alpha value is -0.900. The molecule has 1 rings (SSSR count). The first kappa shape index (κ1) is 5.24. The number of nitrogens with two attached hydrogens (primary N) is 1. The third-order valence-electron chi connectivity index (χ3n) is 0.627. The maximum absolute atomic E-state index is 9.78. The topological polar surface area (TPSA) is 56.0 Å².